The number of aliphatic hydroxyl groups is 2. The van der Waals surface area contributed by atoms with Crippen LogP contribution in [0.4, 0.5) is 5.95 Å². The van der Waals surface area contributed by atoms with Gasteiger partial charge in [-0.15, -0.1) is 0 Å². The van der Waals surface area contributed by atoms with Gasteiger partial charge in [0.05, 0.1) is 19.0 Å². The second kappa shape index (κ2) is 4.77. The molecule has 4 atom stereocenters. The zero-order valence-electron chi connectivity index (χ0n) is 11.6. The molecule has 0 aromatic carbocycles. The topological polar surface area (TPSA) is 163 Å². The number of nitrogen functional groups attached to an aromatic ring is 1. The molecule has 1 saturated heterocycles. The number of nitrogens with two attached hydrogens (primary N) is 1. The van der Waals surface area contributed by atoms with Crippen LogP contribution in [0.2, 0.25) is 0 Å². The zero-order valence-corrected chi connectivity index (χ0v) is 11.6. The quantitative estimate of drug-likeness (QED) is 0.519. The van der Waals surface area contributed by atoms with Gasteiger partial charge in [-0.3, -0.25) is 14.3 Å². The van der Waals surface area contributed by atoms with Gasteiger partial charge in [-0.1, -0.05) is 0 Å². The highest BCUT2D eigenvalue weighted by molar-refractivity contribution is 5.70. The number of ether oxygens (including phenoxy) is 1. The predicted octanol–water partition coefficient (Wildman–Crippen LogP) is -1.52. The van der Waals surface area contributed by atoms with Crippen molar-refractivity contribution < 1.29 is 14.9 Å². The summed E-state index contributed by atoms with van der Waals surface area (Å²) in [5.41, 5.74) is 3.84. The van der Waals surface area contributed by atoms with E-state index in [9.17, 15) is 20.3 Å². The summed E-state index contributed by atoms with van der Waals surface area (Å²) in [6.07, 6.45) is -1.81. The number of aromatic nitrogens is 4. The van der Waals surface area contributed by atoms with Crippen molar-refractivity contribution in [3.05, 3.63) is 16.7 Å². The molecular formula is C12H14N6O4. The van der Waals surface area contributed by atoms with Gasteiger partial charge in [-0.25, -0.2) is 4.98 Å². The molecule has 1 fully saturated rings. The van der Waals surface area contributed by atoms with Gasteiger partial charge in [-0.05, 0) is 6.92 Å². The number of aromatic amines is 1. The lowest BCUT2D eigenvalue weighted by Gasteiger charge is -2.25. The molecule has 0 spiro atoms. The molecule has 0 saturated carbocycles. The smallest absolute Gasteiger partial charge is 0.280 e. The van der Waals surface area contributed by atoms with E-state index < -0.39 is 36.0 Å². The maximum atomic E-state index is 11.8. The third-order valence-corrected chi connectivity index (χ3v) is 3.91. The molecule has 5 N–H and O–H groups in total. The van der Waals surface area contributed by atoms with Crippen molar-refractivity contribution >= 4 is 17.1 Å². The Bertz CT molecular complexity index is 823. The number of hydrogen-bond donors (Lipinski definition) is 4. The fourth-order valence-corrected chi connectivity index (χ4v) is 2.65. The van der Waals surface area contributed by atoms with E-state index in [0.29, 0.717) is 0 Å². The van der Waals surface area contributed by atoms with Crippen LogP contribution in [0.1, 0.15) is 13.2 Å². The van der Waals surface area contributed by atoms with E-state index in [4.69, 9.17) is 10.5 Å². The first-order chi connectivity index (χ1) is 10.4. The maximum absolute atomic E-state index is 11.8. The first kappa shape index (κ1) is 14.5. The lowest BCUT2D eigenvalue weighted by Crippen LogP contribution is -2.37. The van der Waals surface area contributed by atoms with Crippen LogP contribution in [0.15, 0.2) is 11.1 Å². The van der Waals surface area contributed by atoms with Crippen molar-refractivity contribution in [3.63, 3.8) is 0 Å². The number of nitriles is 1. The molecule has 2 aromatic rings. The molecule has 3 rings (SSSR count). The molecule has 10 nitrogen and oxygen atoms in total. The van der Waals surface area contributed by atoms with Gasteiger partial charge in [0.25, 0.3) is 5.56 Å². The van der Waals surface area contributed by atoms with Crippen molar-refractivity contribution in [2.45, 2.75) is 25.4 Å². The van der Waals surface area contributed by atoms with Crippen LogP contribution in [0.25, 0.3) is 11.2 Å². The van der Waals surface area contributed by atoms with E-state index >= 15 is 0 Å². The Morgan fingerprint density at radius 3 is 3.05 bits per heavy atom. The number of hydrogen-bond acceptors (Lipinski definition) is 8. The maximum Gasteiger partial charge on any atom is 0.280 e. The van der Waals surface area contributed by atoms with Crippen molar-refractivity contribution in [1.82, 2.24) is 19.5 Å². The Balaban J connectivity index is 2.19. The van der Waals surface area contributed by atoms with Crippen LogP contribution >= 0.6 is 0 Å². The number of rotatable bonds is 2. The second-order valence-electron chi connectivity index (χ2n) is 5.32. The summed E-state index contributed by atoms with van der Waals surface area (Å²) in [4.78, 5) is 22.1. The minimum atomic E-state index is -1.35. The molecule has 10 heteroatoms. The normalized spacial score (nSPS) is 31.5. The summed E-state index contributed by atoms with van der Waals surface area (Å²) in [7, 11) is 0. The Morgan fingerprint density at radius 1 is 1.68 bits per heavy atom. The Kier molecular flexibility index (Phi) is 3.13. The van der Waals surface area contributed by atoms with Crippen LogP contribution in [-0.2, 0) is 4.74 Å². The number of nitrogens with one attached hydrogen (secondary N) is 1. The lowest BCUT2D eigenvalue weighted by molar-refractivity contribution is -0.0469. The van der Waals surface area contributed by atoms with Gasteiger partial charge in [0.15, 0.2) is 17.4 Å². The molecule has 3 heterocycles. The van der Waals surface area contributed by atoms with E-state index in [1.807, 2.05) is 6.07 Å². The molecule has 22 heavy (non-hydrogen) atoms. The molecule has 0 aliphatic carbocycles. The molecular weight excluding hydrogens is 292 g/mol. The number of anilines is 1. The third-order valence-electron chi connectivity index (χ3n) is 3.91. The molecule has 1 aliphatic heterocycles. The van der Waals surface area contributed by atoms with Gasteiger partial charge >= 0.3 is 0 Å². The van der Waals surface area contributed by atoms with Crippen LogP contribution in [0.5, 0.6) is 0 Å². The van der Waals surface area contributed by atoms with Crippen molar-refractivity contribution in [1.29, 1.82) is 5.26 Å². The molecule has 1 aliphatic rings. The summed E-state index contributed by atoms with van der Waals surface area (Å²) < 4.78 is 6.93. The average molecular weight is 306 g/mol. The minimum Gasteiger partial charge on any atom is -0.394 e. The van der Waals surface area contributed by atoms with E-state index in [1.165, 1.54) is 17.8 Å². The Morgan fingerprint density at radius 2 is 2.41 bits per heavy atom. The first-order valence-corrected chi connectivity index (χ1v) is 6.50. The van der Waals surface area contributed by atoms with Crippen LogP contribution in [0, 0.1) is 16.7 Å². The summed E-state index contributed by atoms with van der Waals surface area (Å²) in [6, 6.07) is 2.01. The summed E-state index contributed by atoms with van der Waals surface area (Å²) >= 11 is 0. The molecule has 2 aromatic heterocycles. The molecule has 0 amide bonds. The van der Waals surface area contributed by atoms with Gasteiger partial charge < -0.3 is 20.7 Å². The summed E-state index contributed by atoms with van der Waals surface area (Å²) in [5.74, 6) is -0.102. The third kappa shape index (κ3) is 1.80. The highest BCUT2D eigenvalue weighted by Crippen LogP contribution is 2.45. The average Bonchev–Trinajstić information content (AvgIpc) is 3.00. The summed E-state index contributed by atoms with van der Waals surface area (Å²) in [6.45, 7) is 1.05. The van der Waals surface area contributed by atoms with E-state index in [1.54, 1.807) is 0 Å². The van der Waals surface area contributed by atoms with Crippen molar-refractivity contribution in [3.8, 4) is 6.07 Å². The number of H-pyrrole nitrogens is 1. The highest BCUT2D eigenvalue weighted by atomic mass is 16.5. The van der Waals surface area contributed by atoms with Crippen molar-refractivity contribution in [2.24, 2.45) is 5.41 Å². The number of nitrogens with zero attached hydrogens (tertiary/aromatic N) is 4. The van der Waals surface area contributed by atoms with Crippen molar-refractivity contribution in [2.75, 3.05) is 12.3 Å². The number of aliphatic hydroxyl groups excluding tert-OH is 2. The van der Waals surface area contributed by atoms with Crippen LogP contribution < -0.4 is 11.3 Å². The van der Waals surface area contributed by atoms with E-state index in [0.717, 1.165) is 0 Å². The van der Waals surface area contributed by atoms with Crippen LogP contribution in [0.3, 0.4) is 0 Å². The Hall–Kier alpha value is -2.48. The zero-order chi connectivity index (χ0) is 16.1. The predicted molar refractivity (Wildman–Crippen MR) is 73.3 cm³/mol. The van der Waals surface area contributed by atoms with Crippen LogP contribution in [-0.4, -0.2) is 48.5 Å². The monoisotopic (exact) mass is 306 g/mol. The minimum absolute atomic E-state index is 0.0417. The molecule has 0 unspecified atom stereocenters. The van der Waals surface area contributed by atoms with Gasteiger partial charge in [0, 0.05) is 0 Å². The lowest BCUT2D eigenvalue weighted by atomic mass is 9.84. The van der Waals surface area contributed by atoms with E-state index in [-0.39, 0.29) is 17.1 Å². The SMILES string of the molecule is C[C@@]1(C#N)[C@H](O)[C@@H](CO)O[C@H]1n1cnc2c(=O)[nH]c(N)nc21. The van der Waals surface area contributed by atoms with Gasteiger partial charge in [-0.2, -0.15) is 10.2 Å². The van der Waals surface area contributed by atoms with Gasteiger partial charge in [0.2, 0.25) is 5.95 Å². The van der Waals surface area contributed by atoms with E-state index in [2.05, 4.69) is 15.0 Å². The number of imidazole rings is 1. The number of fused-ring (bicyclic) bond motifs is 1. The molecule has 0 radical (unpaired) electrons. The highest BCUT2D eigenvalue weighted by Gasteiger charge is 2.54. The molecule has 0 bridgehead atoms. The standard InChI is InChI=1S/C12H14N6O4/c1-12(3-13)7(20)5(2-19)22-10(12)18-4-15-6-8(18)16-11(14)17-9(6)21/h4-5,7,10,19-20H,2H2,1H3,(H3,14,16,17,21)/t5-,7-,10-,12-/m1/s1. The largest absolute Gasteiger partial charge is 0.394 e. The summed E-state index contributed by atoms with van der Waals surface area (Å²) in [5, 5.41) is 28.9. The van der Waals surface area contributed by atoms with Gasteiger partial charge in [0.1, 0.15) is 17.6 Å². The Labute approximate surface area is 123 Å². The fraction of sp³-hybridized carbons (Fsp3) is 0.500. The fourth-order valence-electron chi connectivity index (χ4n) is 2.65. The first-order valence-electron chi connectivity index (χ1n) is 6.50. The molecule has 116 valence electrons. The second-order valence-corrected chi connectivity index (χ2v) is 5.32.